The van der Waals surface area contributed by atoms with Crippen molar-refractivity contribution < 1.29 is 33.7 Å². The second-order valence-corrected chi connectivity index (χ2v) is 9.79. The van der Waals surface area contributed by atoms with Crippen LogP contribution in [0, 0.1) is 10.1 Å². The van der Waals surface area contributed by atoms with E-state index in [1.807, 2.05) is 30.9 Å². The predicted molar refractivity (Wildman–Crippen MR) is 130 cm³/mol. The van der Waals surface area contributed by atoms with E-state index in [0.29, 0.717) is 17.5 Å². The van der Waals surface area contributed by atoms with Crippen molar-refractivity contribution in [3.05, 3.63) is 45.5 Å². The fourth-order valence-corrected chi connectivity index (χ4v) is 5.49. The van der Waals surface area contributed by atoms with Crippen LogP contribution in [-0.2, 0) is 23.8 Å². The molecule has 2 heterocycles. The van der Waals surface area contributed by atoms with Gasteiger partial charge in [-0.25, -0.2) is 0 Å². The topological polar surface area (TPSA) is 117 Å². The molecule has 0 N–H and O–H groups in total. The van der Waals surface area contributed by atoms with Crippen LogP contribution < -0.4 is 0 Å². The summed E-state index contributed by atoms with van der Waals surface area (Å²) >= 11 is 1.09. The maximum Gasteiger partial charge on any atom is 0.320 e. The summed E-state index contributed by atoms with van der Waals surface area (Å²) in [4.78, 5) is 43.4. The number of carbonyl (C=O) groups excluding carboxylic acids is 2. The summed E-state index contributed by atoms with van der Waals surface area (Å²) in [7, 11) is 0. The smallest absolute Gasteiger partial charge is 0.320 e. The lowest BCUT2D eigenvalue weighted by Gasteiger charge is -2.23. The van der Waals surface area contributed by atoms with E-state index in [2.05, 4.69) is 11.8 Å². The molecule has 0 radical (unpaired) electrons. The van der Waals surface area contributed by atoms with Crippen molar-refractivity contribution in [2.75, 3.05) is 32.8 Å². The first-order valence-electron chi connectivity index (χ1n) is 12.1. The molecule has 0 aromatic heterocycles. The van der Waals surface area contributed by atoms with Crippen molar-refractivity contribution >= 4 is 22.8 Å². The van der Waals surface area contributed by atoms with Crippen molar-refractivity contribution in [1.29, 1.82) is 0 Å². The molecule has 1 aromatic rings. The Morgan fingerprint density at radius 1 is 1.17 bits per heavy atom. The monoisotopic (exact) mass is 510 g/mol. The minimum atomic E-state index is -0.848. The van der Waals surface area contributed by atoms with Gasteiger partial charge in [0.15, 0.2) is 6.10 Å². The van der Waals surface area contributed by atoms with Gasteiger partial charge < -0.3 is 19.0 Å². The molecule has 0 bridgehead atoms. The van der Waals surface area contributed by atoms with Crippen LogP contribution in [0.5, 0.6) is 0 Å². The van der Waals surface area contributed by atoms with Crippen molar-refractivity contribution in [2.24, 2.45) is 0 Å². The van der Waals surface area contributed by atoms with Gasteiger partial charge in [0.1, 0.15) is 18.3 Å². The summed E-state index contributed by atoms with van der Waals surface area (Å²) in [6.07, 6.45) is 0.0320. The second kappa shape index (κ2) is 13.2. The number of esters is 1. The molecular weight excluding hydrogens is 476 g/mol. The third-order valence-corrected chi connectivity index (χ3v) is 7.45. The Morgan fingerprint density at radius 3 is 2.57 bits per heavy atom. The molecule has 11 heteroatoms. The Bertz CT molecular complexity index is 881. The van der Waals surface area contributed by atoms with Gasteiger partial charge in [-0.3, -0.25) is 14.5 Å². The molecule has 2 aliphatic heterocycles. The Morgan fingerprint density at radius 2 is 1.89 bits per heavy atom. The third-order valence-electron chi connectivity index (χ3n) is 6.31. The Balaban J connectivity index is 1.71. The lowest BCUT2D eigenvalue weighted by Crippen LogP contribution is -2.33. The van der Waals surface area contributed by atoms with Crippen molar-refractivity contribution in [2.45, 2.75) is 69.7 Å². The van der Waals surface area contributed by atoms with Crippen molar-refractivity contribution in [1.82, 2.24) is 4.90 Å². The largest absolute Gasteiger partial charge is 0.457 e. The van der Waals surface area contributed by atoms with Crippen LogP contribution in [0.1, 0.15) is 62.1 Å². The highest BCUT2D eigenvalue weighted by atomic mass is 32.2. The number of carbonyl (C=O) groups is 2. The van der Waals surface area contributed by atoms with E-state index in [0.717, 1.165) is 37.7 Å². The Labute approximate surface area is 209 Å². The number of hydrogen-bond donors (Lipinski definition) is 0. The summed E-state index contributed by atoms with van der Waals surface area (Å²) in [6, 6.07) is 7.19. The van der Waals surface area contributed by atoms with E-state index in [9.17, 15) is 19.7 Å². The van der Waals surface area contributed by atoms with Gasteiger partial charge in [0.2, 0.25) is 5.12 Å². The summed E-state index contributed by atoms with van der Waals surface area (Å²) in [5, 5.41) is 9.36. The lowest BCUT2D eigenvalue weighted by molar-refractivity contribution is -0.769. The van der Waals surface area contributed by atoms with Crippen molar-refractivity contribution in [3.63, 3.8) is 0 Å². The minimum Gasteiger partial charge on any atom is -0.457 e. The Hall–Kier alpha value is -2.21. The molecule has 0 spiro atoms. The van der Waals surface area contributed by atoms with Crippen LogP contribution in [0.3, 0.4) is 0 Å². The molecule has 2 unspecified atom stereocenters. The fraction of sp³-hybridized carbons (Fsp3) is 0.667. The molecule has 0 aliphatic carbocycles. The quantitative estimate of drug-likeness (QED) is 0.222. The maximum atomic E-state index is 13.4. The summed E-state index contributed by atoms with van der Waals surface area (Å²) in [6.45, 7) is 8.02. The second-order valence-electron chi connectivity index (χ2n) is 8.58. The molecule has 10 nitrogen and oxygen atoms in total. The molecule has 0 saturated carbocycles. The van der Waals surface area contributed by atoms with Crippen LogP contribution in [0.2, 0.25) is 0 Å². The van der Waals surface area contributed by atoms with Crippen molar-refractivity contribution in [3.8, 4) is 0 Å². The van der Waals surface area contributed by atoms with E-state index in [1.54, 1.807) is 12.1 Å². The van der Waals surface area contributed by atoms with E-state index in [-0.39, 0.29) is 36.1 Å². The summed E-state index contributed by atoms with van der Waals surface area (Å²) < 4.78 is 17.2. The van der Waals surface area contributed by atoms with E-state index >= 15 is 0 Å². The molecule has 194 valence electrons. The lowest BCUT2D eigenvalue weighted by atomic mass is 9.99. The first kappa shape index (κ1) is 27.4. The number of unbranched alkanes of at least 4 members (excludes halogenated alkanes) is 1. The fourth-order valence-electron chi connectivity index (χ4n) is 4.39. The predicted octanol–water partition coefficient (Wildman–Crippen LogP) is 3.42. The molecule has 0 amide bonds. The van der Waals surface area contributed by atoms with Gasteiger partial charge in [-0.05, 0) is 25.9 Å². The van der Waals surface area contributed by atoms with Crippen LogP contribution in [0.4, 0.5) is 0 Å². The van der Waals surface area contributed by atoms with E-state index < -0.39 is 29.5 Å². The highest BCUT2D eigenvalue weighted by molar-refractivity contribution is 8.14. The number of likely N-dealkylation sites (N-methyl/N-ethyl adjacent to an activating group) is 1. The van der Waals surface area contributed by atoms with Gasteiger partial charge in [-0.1, -0.05) is 63.2 Å². The van der Waals surface area contributed by atoms with Gasteiger partial charge in [0.05, 0.1) is 25.0 Å². The van der Waals surface area contributed by atoms with Crippen LogP contribution in [0.15, 0.2) is 24.3 Å². The first-order valence-corrected chi connectivity index (χ1v) is 13.0. The van der Waals surface area contributed by atoms with Gasteiger partial charge >= 0.3 is 5.97 Å². The molecule has 35 heavy (non-hydrogen) atoms. The maximum absolute atomic E-state index is 13.4. The molecule has 3 rings (SSSR count). The number of fused-ring (bicyclic) bond motifs is 1. The highest BCUT2D eigenvalue weighted by Gasteiger charge is 2.50. The number of hydrogen-bond acceptors (Lipinski definition) is 10. The van der Waals surface area contributed by atoms with Gasteiger partial charge in [0.25, 0.3) is 5.09 Å². The number of benzene rings is 1. The average molecular weight is 511 g/mol. The molecule has 2 aliphatic rings. The molecule has 2 fully saturated rings. The van der Waals surface area contributed by atoms with Crippen LogP contribution in [-0.4, -0.2) is 77.5 Å². The molecular formula is C24H34N2O8S. The SMILES string of the molecule is CCCCC(OC(=O)CN(CC)CC)c1ccccc1C(=O)SC1CO[C@H]2[C@@H]1OC[C@H]2O[N+](=O)[O-]. The average Bonchev–Trinajstić information content (AvgIpc) is 3.43. The zero-order valence-corrected chi connectivity index (χ0v) is 21.2. The van der Waals surface area contributed by atoms with Gasteiger partial charge in [0, 0.05) is 11.1 Å². The zero-order valence-electron chi connectivity index (χ0n) is 20.4. The van der Waals surface area contributed by atoms with E-state index in [1.165, 1.54) is 0 Å². The number of nitrogens with zero attached hydrogens (tertiary/aromatic N) is 2. The summed E-state index contributed by atoms with van der Waals surface area (Å²) in [5.41, 5.74) is 1.16. The number of ether oxygens (including phenoxy) is 3. The number of thioether (sulfide) groups is 1. The third kappa shape index (κ3) is 7.16. The van der Waals surface area contributed by atoms with Gasteiger partial charge in [-0.2, -0.15) is 0 Å². The normalized spacial score (nSPS) is 24.2. The molecule has 1 aromatic carbocycles. The van der Waals surface area contributed by atoms with Crippen LogP contribution in [0.25, 0.3) is 0 Å². The van der Waals surface area contributed by atoms with Gasteiger partial charge in [-0.15, -0.1) is 10.1 Å². The standard InChI is InChI=1S/C24H34N2O8S/c1-4-7-12-18(33-21(27)13-25(5-2)6-3)16-10-8-9-11-17(16)24(28)35-20-15-32-22-19(34-26(29)30)14-31-23(20)22/h8-11,18-20,22-23H,4-7,12-15H2,1-3H3/t18?,19-,20?,22-,23-/m1/s1. The molecule has 2 saturated heterocycles. The summed E-state index contributed by atoms with van der Waals surface area (Å²) in [5.74, 6) is -0.312. The zero-order chi connectivity index (χ0) is 25.4. The highest BCUT2D eigenvalue weighted by Crippen LogP contribution is 2.38. The first-order chi connectivity index (χ1) is 16.9. The molecule has 5 atom stereocenters. The Kier molecular flexibility index (Phi) is 10.3. The van der Waals surface area contributed by atoms with Crippen LogP contribution >= 0.6 is 11.8 Å². The number of rotatable bonds is 13. The minimum absolute atomic E-state index is 0.0414. The van der Waals surface area contributed by atoms with E-state index in [4.69, 9.17) is 14.2 Å².